The Labute approximate surface area is 134 Å². The maximum absolute atomic E-state index is 12.6. The quantitative estimate of drug-likeness (QED) is 0.598. The second-order valence-corrected chi connectivity index (χ2v) is 6.28. The number of hydrogen-bond donors (Lipinski definition) is 0. The minimum atomic E-state index is -0.510. The molecule has 1 aromatic heterocycles. The lowest BCUT2D eigenvalue weighted by Crippen LogP contribution is -2.29. The van der Waals surface area contributed by atoms with Crippen LogP contribution in [0.5, 0.6) is 0 Å². The molecule has 1 aromatic carbocycles. The standard InChI is InChI=1S/C14H13BrN2O3S/c1-9(12-7-4-8-21-12)16(2)14(18)10-5-3-6-11(13(10)15)17(19)20/h3-9H,1-2H3. The maximum Gasteiger partial charge on any atom is 0.284 e. The molecule has 0 spiro atoms. The van der Waals surface area contributed by atoms with Crippen LogP contribution in [0.25, 0.3) is 0 Å². The fourth-order valence-corrected chi connectivity index (χ4v) is 3.32. The van der Waals surface area contributed by atoms with Crippen molar-refractivity contribution in [2.75, 3.05) is 7.05 Å². The van der Waals surface area contributed by atoms with Crippen molar-refractivity contribution in [3.8, 4) is 0 Å². The summed E-state index contributed by atoms with van der Waals surface area (Å²) in [6.07, 6.45) is 0. The monoisotopic (exact) mass is 368 g/mol. The van der Waals surface area contributed by atoms with Crippen LogP contribution in [-0.2, 0) is 0 Å². The molecule has 1 amide bonds. The molecule has 0 aliphatic heterocycles. The molecule has 0 N–H and O–H groups in total. The molecule has 7 heteroatoms. The van der Waals surface area contributed by atoms with E-state index in [1.165, 1.54) is 12.1 Å². The van der Waals surface area contributed by atoms with E-state index in [1.54, 1.807) is 29.4 Å². The SMILES string of the molecule is CC(c1cccs1)N(C)C(=O)c1cccc([N+](=O)[O-])c1Br. The summed E-state index contributed by atoms with van der Waals surface area (Å²) in [6.45, 7) is 1.93. The number of carbonyl (C=O) groups is 1. The fourth-order valence-electron chi connectivity index (χ4n) is 1.91. The van der Waals surface area contributed by atoms with Crippen molar-refractivity contribution in [3.05, 3.63) is 60.7 Å². The van der Waals surface area contributed by atoms with Crippen molar-refractivity contribution in [2.45, 2.75) is 13.0 Å². The van der Waals surface area contributed by atoms with Crippen LogP contribution in [0, 0.1) is 10.1 Å². The van der Waals surface area contributed by atoms with E-state index in [9.17, 15) is 14.9 Å². The molecule has 0 saturated carbocycles. The van der Waals surface area contributed by atoms with E-state index < -0.39 is 4.92 Å². The fraction of sp³-hybridized carbons (Fsp3) is 0.214. The molecule has 1 atom stereocenters. The highest BCUT2D eigenvalue weighted by atomic mass is 79.9. The summed E-state index contributed by atoms with van der Waals surface area (Å²) < 4.78 is 0.213. The Balaban J connectivity index is 2.32. The van der Waals surface area contributed by atoms with Crippen LogP contribution >= 0.6 is 27.3 Å². The lowest BCUT2D eigenvalue weighted by Gasteiger charge is -2.24. The topological polar surface area (TPSA) is 63.5 Å². The van der Waals surface area contributed by atoms with E-state index in [-0.39, 0.29) is 27.7 Å². The molecule has 0 radical (unpaired) electrons. The van der Waals surface area contributed by atoms with Gasteiger partial charge in [-0.05, 0) is 40.4 Å². The molecule has 0 saturated heterocycles. The summed E-state index contributed by atoms with van der Waals surface area (Å²) in [5, 5.41) is 12.9. The first-order valence-corrected chi connectivity index (χ1v) is 7.84. The van der Waals surface area contributed by atoms with Gasteiger partial charge in [0.15, 0.2) is 0 Å². The smallest absolute Gasteiger partial charge is 0.284 e. The van der Waals surface area contributed by atoms with E-state index >= 15 is 0 Å². The second kappa shape index (κ2) is 6.36. The van der Waals surface area contributed by atoms with Gasteiger partial charge in [-0.15, -0.1) is 11.3 Å². The molecule has 5 nitrogen and oxygen atoms in total. The van der Waals surface area contributed by atoms with Gasteiger partial charge < -0.3 is 4.90 Å². The summed E-state index contributed by atoms with van der Waals surface area (Å²) in [5.41, 5.74) is 0.174. The molecule has 110 valence electrons. The number of nitro groups is 1. The van der Waals surface area contributed by atoms with Crippen molar-refractivity contribution in [3.63, 3.8) is 0 Å². The average Bonchev–Trinajstić information content (AvgIpc) is 2.99. The maximum atomic E-state index is 12.6. The van der Waals surface area contributed by atoms with Gasteiger partial charge in [0.2, 0.25) is 0 Å². The first-order chi connectivity index (χ1) is 9.93. The summed E-state index contributed by atoms with van der Waals surface area (Å²) in [5.74, 6) is -0.258. The summed E-state index contributed by atoms with van der Waals surface area (Å²) in [7, 11) is 1.69. The molecule has 2 rings (SSSR count). The third-order valence-corrected chi connectivity index (χ3v) is 5.14. The molecule has 2 aromatic rings. The third-order valence-electron chi connectivity index (χ3n) is 3.26. The van der Waals surface area contributed by atoms with Gasteiger partial charge in [-0.1, -0.05) is 12.1 Å². The minimum Gasteiger partial charge on any atom is -0.334 e. The Bertz CT molecular complexity index is 673. The molecular weight excluding hydrogens is 356 g/mol. The number of nitrogens with zero attached hydrogens (tertiary/aromatic N) is 2. The molecule has 0 aliphatic rings. The van der Waals surface area contributed by atoms with Gasteiger partial charge in [0, 0.05) is 18.0 Å². The van der Waals surface area contributed by atoms with E-state index in [0.717, 1.165) is 4.88 Å². The Morgan fingerprint density at radius 1 is 1.38 bits per heavy atom. The number of amides is 1. The predicted octanol–water partition coefficient (Wildman–Crippen LogP) is 4.25. The Morgan fingerprint density at radius 2 is 2.10 bits per heavy atom. The summed E-state index contributed by atoms with van der Waals surface area (Å²) in [6, 6.07) is 8.25. The van der Waals surface area contributed by atoms with Crippen molar-refractivity contribution in [1.29, 1.82) is 0 Å². The van der Waals surface area contributed by atoms with Crippen molar-refractivity contribution < 1.29 is 9.72 Å². The van der Waals surface area contributed by atoms with Crippen LogP contribution in [0.4, 0.5) is 5.69 Å². The summed E-state index contributed by atoms with van der Waals surface area (Å²) >= 11 is 4.73. The Hall–Kier alpha value is -1.73. The molecule has 0 aliphatic carbocycles. The average molecular weight is 369 g/mol. The number of nitro benzene ring substituents is 1. The van der Waals surface area contributed by atoms with Gasteiger partial charge in [0.1, 0.15) is 4.47 Å². The van der Waals surface area contributed by atoms with Crippen LogP contribution in [0.15, 0.2) is 40.2 Å². The van der Waals surface area contributed by atoms with Crippen LogP contribution in [-0.4, -0.2) is 22.8 Å². The highest BCUT2D eigenvalue weighted by Crippen LogP contribution is 2.31. The zero-order valence-corrected chi connectivity index (χ0v) is 13.8. The number of benzene rings is 1. The van der Waals surface area contributed by atoms with E-state index in [1.807, 2.05) is 24.4 Å². The number of rotatable bonds is 4. The van der Waals surface area contributed by atoms with Gasteiger partial charge in [-0.3, -0.25) is 14.9 Å². The lowest BCUT2D eigenvalue weighted by molar-refractivity contribution is -0.385. The van der Waals surface area contributed by atoms with Crippen molar-refractivity contribution >= 4 is 38.9 Å². The van der Waals surface area contributed by atoms with Gasteiger partial charge >= 0.3 is 0 Å². The molecule has 21 heavy (non-hydrogen) atoms. The van der Waals surface area contributed by atoms with E-state index in [4.69, 9.17) is 0 Å². The molecular formula is C14H13BrN2O3S. The first-order valence-electron chi connectivity index (χ1n) is 6.17. The van der Waals surface area contributed by atoms with Gasteiger partial charge in [0.25, 0.3) is 11.6 Å². The van der Waals surface area contributed by atoms with E-state index in [2.05, 4.69) is 15.9 Å². The van der Waals surface area contributed by atoms with Gasteiger partial charge in [-0.2, -0.15) is 0 Å². The van der Waals surface area contributed by atoms with E-state index in [0.29, 0.717) is 0 Å². The van der Waals surface area contributed by atoms with Gasteiger partial charge in [0.05, 0.1) is 16.5 Å². The van der Waals surface area contributed by atoms with Crippen LogP contribution in [0.1, 0.15) is 28.2 Å². The predicted molar refractivity (Wildman–Crippen MR) is 85.6 cm³/mol. The highest BCUT2D eigenvalue weighted by Gasteiger charge is 2.25. The second-order valence-electron chi connectivity index (χ2n) is 4.50. The normalized spacial score (nSPS) is 12.0. The lowest BCUT2D eigenvalue weighted by atomic mass is 10.1. The third kappa shape index (κ3) is 3.14. The Kier molecular flexibility index (Phi) is 4.74. The molecule has 0 bridgehead atoms. The number of thiophene rings is 1. The minimum absolute atomic E-state index is 0.0938. The first kappa shape index (κ1) is 15.7. The molecule has 1 heterocycles. The number of hydrogen-bond acceptors (Lipinski definition) is 4. The van der Waals surface area contributed by atoms with Gasteiger partial charge in [-0.25, -0.2) is 0 Å². The van der Waals surface area contributed by atoms with Crippen LogP contribution in [0.2, 0.25) is 0 Å². The van der Waals surface area contributed by atoms with Crippen molar-refractivity contribution in [2.24, 2.45) is 0 Å². The zero-order chi connectivity index (χ0) is 15.6. The van der Waals surface area contributed by atoms with Crippen LogP contribution in [0.3, 0.4) is 0 Å². The summed E-state index contributed by atoms with van der Waals surface area (Å²) in [4.78, 5) is 25.6. The molecule has 1 unspecified atom stereocenters. The molecule has 0 fully saturated rings. The highest BCUT2D eigenvalue weighted by molar-refractivity contribution is 9.10. The number of halogens is 1. The zero-order valence-electron chi connectivity index (χ0n) is 11.4. The largest absolute Gasteiger partial charge is 0.334 e. The number of carbonyl (C=O) groups excluding carboxylic acids is 1. The van der Waals surface area contributed by atoms with Crippen molar-refractivity contribution in [1.82, 2.24) is 4.90 Å². The van der Waals surface area contributed by atoms with Crippen LogP contribution < -0.4 is 0 Å². The Morgan fingerprint density at radius 3 is 2.67 bits per heavy atom.